The van der Waals surface area contributed by atoms with Gasteiger partial charge >= 0.3 is 5.97 Å². The van der Waals surface area contributed by atoms with Gasteiger partial charge in [0, 0.05) is 19.5 Å². The van der Waals surface area contributed by atoms with E-state index in [0.29, 0.717) is 6.54 Å². The van der Waals surface area contributed by atoms with Crippen molar-refractivity contribution in [3.8, 4) is 0 Å². The highest BCUT2D eigenvalue weighted by molar-refractivity contribution is 7.15. The summed E-state index contributed by atoms with van der Waals surface area (Å²) in [6, 6.07) is 0. The van der Waals surface area contributed by atoms with Crippen molar-refractivity contribution in [2.75, 3.05) is 18.0 Å². The normalized spacial score (nSPS) is 22.9. The number of carboxylic acid groups (broad SMARTS) is 1. The topological polar surface area (TPSA) is 66.3 Å². The zero-order valence-corrected chi connectivity index (χ0v) is 12.3. The maximum atomic E-state index is 11.3. The Bertz CT molecular complexity index is 435. The van der Waals surface area contributed by atoms with Crippen LogP contribution in [-0.2, 0) is 11.2 Å². The highest BCUT2D eigenvalue weighted by Gasteiger charge is 2.38. The molecule has 0 aliphatic carbocycles. The minimum atomic E-state index is -0.681. The van der Waals surface area contributed by atoms with Crippen LogP contribution in [0.2, 0.25) is 0 Å². The quantitative estimate of drug-likeness (QED) is 0.868. The summed E-state index contributed by atoms with van der Waals surface area (Å²) in [6.45, 7) is 5.59. The van der Waals surface area contributed by atoms with E-state index in [1.54, 1.807) is 11.3 Å². The van der Waals surface area contributed by atoms with Crippen LogP contribution in [-0.4, -0.2) is 34.4 Å². The van der Waals surface area contributed by atoms with Crippen molar-refractivity contribution in [3.63, 3.8) is 0 Å². The van der Waals surface area contributed by atoms with Gasteiger partial charge in [-0.25, -0.2) is 0 Å². The molecule has 1 fully saturated rings. The zero-order chi connectivity index (χ0) is 13.8. The minimum Gasteiger partial charge on any atom is -0.481 e. The van der Waals surface area contributed by atoms with Gasteiger partial charge in [-0.2, -0.15) is 0 Å². The third kappa shape index (κ3) is 3.23. The molecule has 1 aromatic rings. The molecule has 1 aliphatic heterocycles. The lowest BCUT2D eigenvalue weighted by Gasteiger charge is -2.13. The second-order valence-corrected chi connectivity index (χ2v) is 6.17. The molecule has 1 aliphatic rings. The van der Waals surface area contributed by atoms with E-state index in [1.807, 2.05) is 0 Å². The van der Waals surface area contributed by atoms with Crippen LogP contribution in [0.3, 0.4) is 0 Å². The van der Waals surface area contributed by atoms with Gasteiger partial charge in [0.1, 0.15) is 5.01 Å². The van der Waals surface area contributed by atoms with Gasteiger partial charge < -0.3 is 10.0 Å². The van der Waals surface area contributed by atoms with Gasteiger partial charge in [0.15, 0.2) is 0 Å². The van der Waals surface area contributed by atoms with E-state index in [4.69, 9.17) is 0 Å². The average Bonchev–Trinajstić information content (AvgIpc) is 2.96. The molecule has 0 spiro atoms. The molecule has 0 bridgehead atoms. The number of hydrogen-bond acceptors (Lipinski definition) is 5. The fourth-order valence-corrected chi connectivity index (χ4v) is 3.62. The molecule has 6 heteroatoms. The molecule has 1 aromatic heterocycles. The van der Waals surface area contributed by atoms with Crippen LogP contribution in [0.25, 0.3) is 0 Å². The largest absolute Gasteiger partial charge is 0.481 e. The van der Waals surface area contributed by atoms with Crippen LogP contribution >= 0.6 is 11.3 Å². The Labute approximate surface area is 117 Å². The Balaban J connectivity index is 2.06. The van der Waals surface area contributed by atoms with Crippen molar-refractivity contribution >= 4 is 22.4 Å². The first-order valence-corrected chi connectivity index (χ1v) is 7.77. The van der Waals surface area contributed by atoms with Gasteiger partial charge in [-0.3, -0.25) is 4.79 Å². The van der Waals surface area contributed by atoms with E-state index in [-0.39, 0.29) is 11.8 Å². The third-order valence-corrected chi connectivity index (χ3v) is 4.65. The number of hydrogen-bond donors (Lipinski definition) is 1. The van der Waals surface area contributed by atoms with Crippen LogP contribution < -0.4 is 4.90 Å². The molecule has 2 atom stereocenters. The molecular formula is C13H21N3O2S. The number of carbonyl (C=O) groups is 1. The van der Waals surface area contributed by atoms with Crippen LogP contribution in [0.5, 0.6) is 0 Å². The molecule has 2 rings (SSSR count). The molecular weight excluding hydrogens is 262 g/mol. The van der Waals surface area contributed by atoms with Crippen LogP contribution in [0, 0.1) is 11.8 Å². The summed E-state index contributed by atoms with van der Waals surface area (Å²) in [5, 5.41) is 19.6. The van der Waals surface area contributed by atoms with Crippen molar-refractivity contribution in [2.24, 2.45) is 11.8 Å². The van der Waals surface area contributed by atoms with E-state index in [2.05, 4.69) is 28.9 Å². The molecule has 0 saturated carbocycles. The Kier molecular flexibility index (Phi) is 4.74. The molecule has 0 unspecified atom stereocenters. The van der Waals surface area contributed by atoms with E-state index in [0.717, 1.165) is 42.4 Å². The Hall–Kier alpha value is -1.17. The molecule has 0 amide bonds. The van der Waals surface area contributed by atoms with Crippen molar-refractivity contribution in [2.45, 2.75) is 39.5 Å². The van der Waals surface area contributed by atoms with E-state index in [1.165, 1.54) is 0 Å². The molecule has 1 N–H and O–H groups in total. The summed E-state index contributed by atoms with van der Waals surface area (Å²) < 4.78 is 0. The Morgan fingerprint density at radius 2 is 2.16 bits per heavy atom. The number of nitrogens with zero attached hydrogens (tertiary/aromatic N) is 3. The van der Waals surface area contributed by atoms with Gasteiger partial charge in [0.05, 0.1) is 5.92 Å². The lowest BCUT2D eigenvalue weighted by molar-refractivity contribution is -0.142. The smallest absolute Gasteiger partial charge is 0.308 e. The number of aromatic nitrogens is 2. The molecule has 0 radical (unpaired) electrons. The average molecular weight is 283 g/mol. The summed E-state index contributed by atoms with van der Waals surface area (Å²) in [5.74, 6) is -0.709. The maximum Gasteiger partial charge on any atom is 0.308 e. The summed E-state index contributed by atoms with van der Waals surface area (Å²) in [7, 11) is 0. The van der Waals surface area contributed by atoms with Gasteiger partial charge in [-0.15, -0.1) is 10.2 Å². The number of anilines is 1. The SMILES string of the molecule is CCCc1nnc(N2C[C@@H](CCC)[C@H](C(=O)O)C2)s1. The standard InChI is InChI=1S/C13H21N3O2S/c1-3-5-9-7-16(8-10(9)12(17)18)13-15-14-11(19-13)6-4-2/h9-10H,3-8H2,1-2H3,(H,17,18)/t9-,10-/m1/s1. The van der Waals surface area contributed by atoms with Gasteiger partial charge in [0.2, 0.25) is 5.13 Å². The highest BCUT2D eigenvalue weighted by Crippen LogP contribution is 2.33. The van der Waals surface area contributed by atoms with Gasteiger partial charge in [-0.1, -0.05) is 31.6 Å². The molecule has 106 valence electrons. The van der Waals surface area contributed by atoms with E-state index >= 15 is 0 Å². The van der Waals surface area contributed by atoms with Crippen molar-refractivity contribution in [3.05, 3.63) is 5.01 Å². The second kappa shape index (κ2) is 6.32. The van der Waals surface area contributed by atoms with Crippen LogP contribution in [0.15, 0.2) is 0 Å². The predicted octanol–water partition coefficient (Wildman–Crippen LogP) is 2.43. The second-order valence-electron chi connectivity index (χ2n) is 5.13. The Morgan fingerprint density at radius 1 is 1.37 bits per heavy atom. The monoisotopic (exact) mass is 283 g/mol. The summed E-state index contributed by atoms with van der Waals surface area (Å²) in [6.07, 6.45) is 4.00. The number of aryl methyl sites for hydroxylation is 1. The fraction of sp³-hybridized carbons (Fsp3) is 0.769. The number of aliphatic carboxylic acids is 1. The van der Waals surface area contributed by atoms with Gasteiger partial charge in [-0.05, 0) is 18.8 Å². The Morgan fingerprint density at radius 3 is 2.79 bits per heavy atom. The minimum absolute atomic E-state index is 0.237. The van der Waals surface area contributed by atoms with Crippen molar-refractivity contribution in [1.82, 2.24) is 10.2 Å². The first kappa shape index (κ1) is 14.2. The van der Waals surface area contributed by atoms with Crippen molar-refractivity contribution < 1.29 is 9.90 Å². The fourth-order valence-electron chi connectivity index (χ4n) is 2.66. The summed E-state index contributed by atoms with van der Waals surface area (Å²) >= 11 is 1.60. The highest BCUT2D eigenvalue weighted by atomic mass is 32.1. The number of rotatable bonds is 6. The third-order valence-electron chi connectivity index (χ3n) is 3.61. The lowest BCUT2D eigenvalue weighted by atomic mass is 9.92. The van der Waals surface area contributed by atoms with E-state index < -0.39 is 5.97 Å². The zero-order valence-electron chi connectivity index (χ0n) is 11.5. The molecule has 19 heavy (non-hydrogen) atoms. The van der Waals surface area contributed by atoms with Crippen LogP contribution in [0.1, 0.15) is 38.1 Å². The predicted molar refractivity (Wildman–Crippen MR) is 75.6 cm³/mol. The summed E-state index contributed by atoms with van der Waals surface area (Å²) in [5.41, 5.74) is 0. The maximum absolute atomic E-state index is 11.3. The number of carboxylic acids is 1. The molecule has 0 aromatic carbocycles. The van der Waals surface area contributed by atoms with Crippen LogP contribution in [0.4, 0.5) is 5.13 Å². The van der Waals surface area contributed by atoms with Gasteiger partial charge in [0.25, 0.3) is 0 Å². The summed E-state index contributed by atoms with van der Waals surface area (Å²) in [4.78, 5) is 13.4. The van der Waals surface area contributed by atoms with E-state index in [9.17, 15) is 9.90 Å². The lowest BCUT2D eigenvalue weighted by Crippen LogP contribution is -2.23. The van der Waals surface area contributed by atoms with Crippen molar-refractivity contribution in [1.29, 1.82) is 0 Å². The molecule has 2 heterocycles. The first-order chi connectivity index (χ1) is 9.15. The molecule has 5 nitrogen and oxygen atoms in total. The first-order valence-electron chi connectivity index (χ1n) is 6.95. The molecule has 1 saturated heterocycles.